The highest BCUT2D eigenvalue weighted by atomic mass is 14.8. The summed E-state index contributed by atoms with van der Waals surface area (Å²) >= 11 is 0. The first-order chi connectivity index (χ1) is 22.8. The van der Waals surface area contributed by atoms with Crippen LogP contribution in [0.3, 0.4) is 0 Å². The molecule has 2 aliphatic carbocycles. The number of allylic oxidation sites excluding steroid dienone is 4. The van der Waals surface area contributed by atoms with Gasteiger partial charge in [0.25, 0.3) is 0 Å². The number of rotatable bonds is 3. The maximum absolute atomic E-state index is 5.31. The third-order valence-corrected chi connectivity index (χ3v) is 9.61. The van der Waals surface area contributed by atoms with Gasteiger partial charge in [-0.05, 0) is 81.3 Å². The highest BCUT2D eigenvalue weighted by Gasteiger charge is 2.25. The Bertz CT molecular complexity index is 2630. The summed E-state index contributed by atoms with van der Waals surface area (Å²) in [5.41, 5.74) is 15.6. The molecule has 214 valence electrons. The first-order valence-corrected chi connectivity index (χ1v) is 15.8. The van der Waals surface area contributed by atoms with Crippen LogP contribution in [-0.4, -0.2) is 19.9 Å². The highest BCUT2D eigenvalue weighted by Crippen LogP contribution is 2.48. The molecule has 3 heterocycles. The van der Waals surface area contributed by atoms with Gasteiger partial charge in [0.15, 0.2) is 0 Å². The monoisotopic (exact) mass is 586 g/mol. The van der Waals surface area contributed by atoms with E-state index in [4.69, 9.17) is 9.97 Å². The molecular weight excluding hydrogens is 560 g/mol. The van der Waals surface area contributed by atoms with Crippen LogP contribution in [0.25, 0.3) is 88.4 Å². The van der Waals surface area contributed by atoms with E-state index >= 15 is 0 Å². The predicted molar refractivity (Wildman–Crippen MR) is 189 cm³/mol. The number of pyridine rings is 2. The second kappa shape index (κ2) is 9.75. The number of hydrogen-bond acceptors (Lipinski definition) is 4. The van der Waals surface area contributed by atoms with Gasteiger partial charge in [-0.1, -0.05) is 97.1 Å². The van der Waals surface area contributed by atoms with E-state index in [1.807, 2.05) is 6.07 Å². The van der Waals surface area contributed by atoms with Crippen molar-refractivity contribution in [2.75, 3.05) is 0 Å². The standard InChI is InChI=1S/C42H26N4/c1-2-5-31-30(4-1)33-6-3-7-34-32(17-18-35(31)40(33)34)37-20-15-28-13-12-27-14-19-36(45-41(27)42(28)46-37)26-10-8-25(9-11-26)29-16-21-38-39(24-29)44-23-22-43-38/h2-3,5-24H,1,4H2. The summed E-state index contributed by atoms with van der Waals surface area (Å²) in [5.74, 6) is 0. The number of hydrogen-bond donors (Lipinski definition) is 0. The molecule has 0 radical (unpaired) electrons. The summed E-state index contributed by atoms with van der Waals surface area (Å²) in [6.07, 6.45) is 10.3. The molecule has 0 spiro atoms. The summed E-state index contributed by atoms with van der Waals surface area (Å²) in [5, 5.41) is 4.79. The van der Waals surface area contributed by atoms with Gasteiger partial charge >= 0.3 is 0 Å². The van der Waals surface area contributed by atoms with E-state index in [0.717, 1.165) is 79.3 Å². The molecular formula is C42H26N4. The van der Waals surface area contributed by atoms with Crippen LogP contribution in [0, 0.1) is 0 Å². The fraction of sp³-hybridized carbons (Fsp3) is 0.0476. The Morgan fingerprint density at radius 1 is 0.522 bits per heavy atom. The van der Waals surface area contributed by atoms with E-state index in [2.05, 4.69) is 125 Å². The van der Waals surface area contributed by atoms with Gasteiger partial charge in [-0.25, -0.2) is 9.97 Å². The van der Waals surface area contributed by atoms with Crippen LogP contribution >= 0.6 is 0 Å². The van der Waals surface area contributed by atoms with Crippen LogP contribution in [0.5, 0.6) is 0 Å². The maximum atomic E-state index is 5.31. The zero-order chi connectivity index (χ0) is 30.2. The first kappa shape index (κ1) is 25.3. The quantitative estimate of drug-likeness (QED) is 0.193. The van der Waals surface area contributed by atoms with Crippen molar-refractivity contribution in [3.8, 4) is 33.6 Å². The molecule has 0 fully saturated rings. The van der Waals surface area contributed by atoms with Gasteiger partial charge in [-0.3, -0.25) is 9.97 Å². The van der Waals surface area contributed by atoms with Crippen molar-refractivity contribution in [2.24, 2.45) is 0 Å². The average Bonchev–Trinajstić information content (AvgIpc) is 3.46. The van der Waals surface area contributed by atoms with Gasteiger partial charge < -0.3 is 0 Å². The molecule has 10 rings (SSSR count). The first-order valence-electron chi connectivity index (χ1n) is 15.8. The topological polar surface area (TPSA) is 51.6 Å². The van der Waals surface area contributed by atoms with Gasteiger partial charge in [0, 0.05) is 34.3 Å². The van der Waals surface area contributed by atoms with E-state index in [1.54, 1.807) is 12.4 Å². The fourth-order valence-electron chi connectivity index (χ4n) is 7.36. The summed E-state index contributed by atoms with van der Waals surface area (Å²) < 4.78 is 0. The molecule has 0 N–H and O–H groups in total. The van der Waals surface area contributed by atoms with Crippen LogP contribution in [0.2, 0.25) is 0 Å². The minimum absolute atomic E-state index is 0.893. The molecule has 0 unspecified atom stereocenters. The highest BCUT2D eigenvalue weighted by molar-refractivity contribution is 6.19. The second-order valence-corrected chi connectivity index (χ2v) is 12.2. The smallest absolute Gasteiger partial charge is 0.0972 e. The predicted octanol–water partition coefficient (Wildman–Crippen LogP) is 10.5. The van der Waals surface area contributed by atoms with Crippen molar-refractivity contribution < 1.29 is 0 Å². The van der Waals surface area contributed by atoms with Gasteiger partial charge in [0.1, 0.15) is 0 Å². The van der Waals surface area contributed by atoms with Gasteiger partial charge in [-0.2, -0.15) is 0 Å². The molecule has 8 aromatic rings. The van der Waals surface area contributed by atoms with Crippen LogP contribution in [0.4, 0.5) is 0 Å². The molecule has 3 aromatic heterocycles. The van der Waals surface area contributed by atoms with E-state index in [1.165, 1.54) is 33.0 Å². The number of benzene rings is 5. The van der Waals surface area contributed by atoms with E-state index in [0.29, 0.717) is 0 Å². The summed E-state index contributed by atoms with van der Waals surface area (Å²) in [6, 6.07) is 39.0. The van der Waals surface area contributed by atoms with Crippen molar-refractivity contribution >= 4 is 54.8 Å². The molecule has 2 aliphatic rings. The lowest BCUT2D eigenvalue weighted by molar-refractivity contribution is 1.06. The second-order valence-electron chi connectivity index (χ2n) is 12.2. The molecule has 0 bridgehead atoms. The fourth-order valence-corrected chi connectivity index (χ4v) is 7.36. The van der Waals surface area contributed by atoms with Gasteiger partial charge in [0.05, 0.1) is 33.5 Å². The lowest BCUT2D eigenvalue weighted by Crippen LogP contribution is -1.92. The summed E-state index contributed by atoms with van der Waals surface area (Å²) in [4.78, 5) is 19.4. The molecule has 0 amide bonds. The van der Waals surface area contributed by atoms with Crippen LogP contribution in [0.15, 0.2) is 134 Å². The largest absolute Gasteiger partial charge is 0.253 e. The number of fused-ring (bicyclic) bond motifs is 6. The number of nitrogens with zero attached hydrogens (tertiary/aromatic N) is 4. The summed E-state index contributed by atoms with van der Waals surface area (Å²) in [6.45, 7) is 0. The molecule has 0 aliphatic heterocycles. The molecule has 0 saturated heterocycles. The lowest BCUT2D eigenvalue weighted by Gasteiger charge is -2.12. The van der Waals surface area contributed by atoms with Gasteiger partial charge in [0.2, 0.25) is 0 Å². The van der Waals surface area contributed by atoms with E-state index < -0.39 is 0 Å². The maximum Gasteiger partial charge on any atom is 0.0972 e. The Kier molecular flexibility index (Phi) is 5.37. The Morgan fingerprint density at radius 3 is 2.07 bits per heavy atom. The van der Waals surface area contributed by atoms with Crippen molar-refractivity contribution in [1.29, 1.82) is 0 Å². The minimum atomic E-state index is 0.893. The zero-order valence-electron chi connectivity index (χ0n) is 24.9. The molecule has 5 aromatic carbocycles. The summed E-state index contributed by atoms with van der Waals surface area (Å²) in [7, 11) is 0. The van der Waals surface area contributed by atoms with E-state index in [9.17, 15) is 0 Å². The SMILES string of the molecule is C1=CC2=C(CC1)c1cccc3c(-c4ccc5ccc6ccc(-c7ccc(-c8ccc9nccnc9c8)cc7)nc6c5n4)ccc2c13. The Balaban J connectivity index is 1.07. The van der Waals surface area contributed by atoms with Gasteiger partial charge in [-0.15, -0.1) is 0 Å². The molecule has 0 saturated carbocycles. The molecule has 46 heavy (non-hydrogen) atoms. The van der Waals surface area contributed by atoms with Crippen molar-refractivity contribution in [3.05, 3.63) is 145 Å². The average molecular weight is 587 g/mol. The Labute approximate surface area is 265 Å². The molecule has 4 heteroatoms. The van der Waals surface area contributed by atoms with Crippen LogP contribution in [0.1, 0.15) is 24.0 Å². The third-order valence-electron chi connectivity index (χ3n) is 9.61. The Morgan fingerprint density at radius 2 is 1.22 bits per heavy atom. The van der Waals surface area contributed by atoms with Crippen molar-refractivity contribution in [3.63, 3.8) is 0 Å². The van der Waals surface area contributed by atoms with E-state index in [-0.39, 0.29) is 0 Å². The van der Waals surface area contributed by atoms with Crippen LogP contribution < -0.4 is 0 Å². The number of aromatic nitrogens is 4. The lowest BCUT2D eigenvalue weighted by atomic mass is 9.95. The third kappa shape index (κ3) is 3.80. The molecule has 0 atom stereocenters. The molecule has 4 nitrogen and oxygen atoms in total. The van der Waals surface area contributed by atoms with Crippen LogP contribution in [-0.2, 0) is 0 Å². The van der Waals surface area contributed by atoms with Crippen molar-refractivity contribution in [1.82, 2.24) is 19.9 Å². The van der Waals surface area contributed by atoms with Crippen molar-refractivity contribution in [2.45, 2.75) is 12.8 Å². The Hall–Kier alpha value is -6.00. The zero-order valence-corrected chi connectivity index (χ0v) is 24.9. The minimum Gasteiger partial charge on any atom is -0.253 e. The normalized spacial score (nSPS) is 13.7.